The number of hydrogen-bond acceptors (Lipinski definition) is 6. The van der Waals surface area contributed by atoms with Crippen molar-refractivity contribution in [3.63, 3.8) is 0 Å². The number of aliphatic hydroxyl groups is 2. The first kappa shape index (κ1) is 31.9. The summed E-state index contributed by atoms with van der Waals surface area (Å²) >= 11 is 12.3. The van der Waals surface area contributed by atoms with Gasteiger partial charge < -0.3 is 19.7 Å². The maximum absolute atomic E-state index is 11.5. The molecule has 0 aliphatic carbocycles. The standard InChI is InChI=1S/C29H33Cl2NO5.ClH/c1-3-36-29(35)19-37-26-12-10-21(11-13-26)14-20(2)32(17-27(33)22-6-4-8-24(30)15-22)18-28(34)23-7-5-9-25(31)16-23;/h4-13,15-16,20,27-28,33-34H,3,14,17-19H2,1-2H3;1H/t20-,27+,28+;/m1./s1. The third kappa shape index (κ3) is 10.1. The molecule has 3 atom stereocenters. The van der Waals surface area contributed by atoms with Crippen molar-refractivity contribution in [3.05, 3.63) is 99.5 Å². The van der Waals surface area contributed by atoms with Crippen molar-refractivity contribution in [1.29, 1.82) is 0 Å². The number of halogens is 3. The number of hydrogen-bond donors (Lipinski definition) is 2. The zero-order valence-electron chi connectivity index (χ0n) is 21.4. The van der Waals surface area contributed by atoms with Crippen molar-refractivity contribution in [2.75, 3.05) is 26.3 Å². The number of benzene rings is 3. The lowest BCUT2D eigenvalue weighted by Crippen LogP contribution is -2.40. The van der Waals surface area contributed by atoms with E-state index in [0.29, 0.717) is 53.0 Å². The van der Waals surface area contributed by atoms with E-state index in [2.05, 4.69) is 11.8 Å². The summed E-state index contributed by atoms with van der Waals surface area (Å²) in [5.41, 5.74) is 2.48. The van der Waals surface area contributed by atoms with Gasteiger partial charge in [-0.2, -0.15) is 0 Å². The van der Waals surface area contributed by atoms with Crippen LogP contribution in [-0.4, -0.2) is 53.4 Å². The second kappa shape index (κ2) is 15.9. The Hall–Kier alpha value is -2.32. The number of nitrogens with zero attached hydrogens (tertiary/aromatic N) is 1. The lowest BCUT2D eigenvalue weighted by atomic mass is 10.0. The minimum absolute atomic E-state index is 0. The summed E-state index contributed by atoms with van der Waals surface area (Å²) in [5, 5.41) is 23.1. The van der Waals surface area contributed by atoms with E-state index in [0.717, 1.165) is 5.56 Å². The molecule has 3 aromatic carbocycles. The van der Waals surface area contributed by atoms with Gasteiger partial charge in [0.2, 0.25) is 0 Å². The Morgan fingerprint density at radius 2 is 1.42 bits per heavy atom. The van der Waals surface area contributed by atoms with Gasteiger partial charge in [-0.15, -0.1) is 12.4 Å². The first-order valence-electron chi connectivity index (χ1n) is 12.2. The van der Waals surface area contributed by atoms with E-state index in [9.17, 15) is 15.0 Å². The fraction of sp³-hybridized carbons (Fsp3) is 0.345. The second-order valence-electron chi connectivity index (χ2n) is 8.89. The van der Waals surface area contributed by atoms with E-state index in [1.807, 2.05) is 36.4 Å². The van der Waals surface area contributed by atoms with Gasteiger partial charge in [0.1, 0.15) is 5.75 Å². The molecule has 0 aliphatic heterocycles. The average molecular weight is 583 g/mol. The molecule has 9 heteroatoms. The smallest absolute Gasteiger partial charge is 0.344 e. The average Bonchev–Trinajstić information content (AvgIpc) is 2.88. The highest BCUT2D eigenvalue weighted by Crippen LogP contribution is 2.24. The molecular formula is C29H34Cl3NO5. The van der Waals surface area contributed by atoms with Crippen LogP contribution in [0.3, 0.4) is 0 Å². The minimum atomic E-state index is -0.786. The molecule has 0 aromatic heterocycles. The summed E-state index contributed by atoms with van der Waals surface area (Å²) in [5.74, 6) is 0.168. The molecule has 0 aliphatic rings. The Kier molecular flexibility index (Phi) is 13.4. The predicted molar refractivity (Wildman–Crippen MR) is 153 cm³/mol. The van der Waals surface area contributed by atoms with Gasteiger partial charge in [0.15, 0.2) is 6.61 Å². The predicted octanol–water partition coefficient (Wildman–Crippen LogP) is 6.06. The topological polar surface area (TPSA) is 79.2 Å². The van der Waals surface area contributed by atoms with Crippen LogP contribution in [0, 0.1) is 0 Å². The zero-order valence-corrected chi connectivity index (χ0v) is 23.8. The Labute approximate surface area is 240 Å². The summed E-state index contributed by atoms with van der Waals surface area (Å²) in [6.07, 6.45) is -0.902. The molecule has 0 saturated carbocycles. The normalized spacial score (nSPS) is 13.3. The fourth-order valence-electron chi connectivity index (χ4n) is 4.05. The van der Waals surface area contributed by atoms with Gasteiger partial charge in [0.25, 0.3) is 0 Å². The van der Waals surface area contributed by atoms with Crippen molar-refractivity contribution in [3.8, 4) is 5.75 Å². The summed E-state index contributed by atoms with van der Waals surface area (Å²) in [6, 6.07) is 21.8. The molecular weight excluding hydrogens is 549 g/mol. The van der Waals surface area contributed by atoms with Crippen molar-refractivity contribution in [2.24, 2.45) is 0 Å². The van der Waals surface area contributed by atoms with E-state index in [-0.39, 0.29) is 25.1 Å². The largest absolute Gasteiger partial charge is 0.482 e. The lowest BCUT2D eigenvalue weighted by molar-refractivity contribution is -0.145. The highest BCUT2D eigenvalue weighted by molar-refractivity contribution is 6.30. The monoisotopic (exact) mass is 581 g/mol. The van der Waals surface area contributed by atoms with Crippen molar-refractivity contribution in [1.82, 2.24) is 4.90 Å². The molecule has 38 heavy (non-hydrogen) atoms. The zero-order chi connectivity index (χ0) is 26.8. The molecule has 0 radical (unpaired) electrons. The first-order chi connectivity index (χ1) is 17.7. The highest BCUT2D eigenvalue weighted by atomic mass is 35.5. The maximum atomic E-state index is 11.5. The summed E-state index contributed by atoms with van der Waals surface area (Å²) < 4.78 is 10.4. The van der Waals surface area contributed by atoms with Crippen LogP contribution in [-0.2, 0) is 16.0 Å². The van der Waals surface area contributed by atoms with Crippen molar-refractivity contribution < 1.29 is 24.5 Å². The number of aliphatic hydroxyl groups excluding tert-OH is 2. The Balaban J connectivity index is 0.00000507. The number of ether oxygens (including phenoxy) is 2. The van der Waals surface area contributed by atoms with Gasteiger partial charge in [-0.05, 0) is 73.4 Å². The molecule has 6 nitrogen and oxygen atoms in total. The number of rotatable bonds is 13. The quantitative estimate of drug-likeness (QED) is 0.239. The van der Waals surface area contributed by atoms with Crippen molar-refractivity contribution in [2.45, 2.75) is 38.5 Å². The van der Waals surface area contributed by atoms with Gasteiger partial charge in [0, 0.05) is 29.2 Å². The first-order valence-corrected chi connectivity index (χ1v) is 13.0. The van der Waals surface area contributed by atoms with E-state index < -0.39 is 18.2 Å². The second-order valence-corrected chi connectivity index (χ2v) is 9.76. The molecule has 0 saturated heterocycles. The van der Waals surface area contributed by atoms with E-state index in [1.165, 1.54) is 0 Å². The van der Waals surface area contributed by atoms with Gasteiger partial charge in [0.05, 0.1) is 18.8 Å². The van der Waals surface area contributed by atoms with Gasteiger partial charge in [-0.3, -0.25) is 4.90 Å². The van der Waals surface area contributed by atoms with Crippen LogP contribution in [0.25, 0.3) is 0 Å². The molecule has 0 fully saturated rings. The molecule has 0 amide bonds. The van der Waals surface area contributed by atoms with E-state index >= 15 is 0 Å². The minimum Gasteiger partial charge on any atom is -0.482 e. The number of esters is 1. The molecule has 2 N–H and O–H groups in total. The molecule has 0 heterocycles. The van der Waals surface area contributed by atoms with Crippen LogP contribution in [0.15, 0.2) is 72.8 Å². The van der Waals surface area contributed by atoms with Gasteiger partial charge in [-0.1, -0.05) is 59.6 Å². The van der Waals surface area contributed by atoms with E-state index in [4.69, 9.17) is 32.7 Å². The van der Waals surface area contributed by atoms with Crippen LogP contribution in [0.4, 0.5) is 0 Å². The summed E-state index contributed by atoms with van der Waals surface area (Å²) in [4.78, 5) is 13.6. The van der Waals surface area contributed by atoms with Gasteiger partial charge in [-0.25, -0.2) is 4.79 Å². The van der Waals surface area contributed by atoms with Crippen LogP contribution >= 0.6 is 35.6 Å². The Morgan fingerprint density at radius 1 is 0.895 bits per heavy atom. The van der Waals surface area contributed by atoms with Gasteiger partial charge >= 0.3 is 5.97 Å². The molecule has 0 bridgehead atoms. The Bertz CT molecular complexity index is 1090. The van der Waals surface area contributed by atoms with E-state index in [1.54, 1.807) is 43.3 Å². The maximum Gasteiger partial charge on any atom is 0.344 e. The lowest BCUT2D eigenvalue weighted by Gasteiger charge is -2.33. The van der Waals surface area contributed by atoms with Crippen LogP contribution in [0.5, 0.6) is 5.75 Å². The summed E-state index contributed by atoms with van der Waals surface area (Å²) in [7, 11) is 0. The van der Waals surface area contributed by atoms with Crippen LogP contribution in [0.2, 0.25) is 10.0 Å². The third-order valence-corrected chi connectivity index (χ3v) is 6.49. The number of carbonyl (C=O) groups is 1. The third-order valence-electron chi connectivity index (χ3n) is 6.02. The SMILES string of the molecule is CCOC(=O)COc1ccc(C[C@@H](C)N(C[C@H](O)c2cccc(Cl)c2)C[C@H](O)c2cccc(Cl)c2)cc1.Cl. The molecule has 206 valence electrons. The fourth-order valence-corrected chi connectivity index (χ4v) is 4.45. The van der Waals surface area contributed by atoms with Crippen LogP contribution in [0.1, 0.15) is 42.7 Å². The molecule has 0 unspecified atom stereocenters. The molecule has 3 rings (SSSR count). The summed E-state index contributed by atoms with van der Waals surface area (Å²) in [6.45, 7) is 4.59. The molecule has 3 aromatic rings. The molecule has 0 spiro atoms. The van der Waals surface area contributed by atoms with Crippen LogP contribution < -0.4 is 4.74 Å². The van der Waals surface area contributed by atoms with Crippen molar-refractivity contribution >= 4 is 41.6 Å². The highest BCUT2D eigenvalue weighted by Gasteiger charge is 2.23. The Morgan fingerprint density at radius 3 is 1.89 bits per heavy atom. The number of carbonyl (C=O) groups excluding carboxylic acids is 1.